The topological polar surface area (TPSA) is 27.1 Å². The molecule has 0 saturated heterocycles. The van der Waals surface area contributed by atoms with Crippen LogP contribution in [0.15, 0.2) is 36.8 Å². The van der Waals surface area contributed by atoms with E-state index in [4.69, 9.17) is 4.74 Å². The molecule has 1 aromatic heterocycles. The van der Waals surface area contributed by atoms with E-state index in [2.05, 4.69) is 35.5 Å². The van der Waals surface area contributed by atoms with E-state index in [-0.39, 0.29) is 0 Å². The fourth-order valence-electron chi connectivity index (χ4n) is 1.77. The molecule has 0 aliphatic rings. The van der Waals surface area contributed by atoms with Gasteiger partial charge in [-0.1, -0.05) is 19.1 Å². The van der Waals surface area contributed by atoms with E-state index in [1.165, 1.54) is 5.56 Å². The summed E-state index contributed by atoms with van der Waals surface area (Å²) in [6, 6.07) is 8.23. The van der Waals surface area contributed by atoms with E-state index in [1.54, 1.807) is 0 Å². The minimum Gasteiger partial charge on any atom is -0.487 e. The third-order valence-electron chi connectivity index (χ3n) is 2.83. The average molecular weight is 230 g/mol. The summed E-state index contributed by atoms with van der Waals surface area (Å²) in [5, 5.41) is 0. The highest BCUT2D eigenvalue weighted by Gasteiger charge is 2.01. The highest BCUT2D eigenvalue weighted by Crippen LogP contribution is 2.15. The van der Waals surface area contributed by atoms with Crippen molar-refractivity contribution in [3.05, 3.63) is 48.0 Å². The molecule has 0 spiro atoms. The van der Waals surface area contributed by atoms with E-state index >= 15 is 0 Å². The van der Waals surface area contributed by atoms with Crippen molar-refractivity contribution in [3.63, 3.8) is 0 Å². The van der Waals surface area contributed by atoms with Gasteiger partial charge in [0.15, 0.2) is 0 Å². The van der Waals surface area contributed by atoms with Crippen LogP contribution in [0.25, 0.3) is 0 Å². The predicted octanol–water partition coefficient (Wildman–Crippen LogP) is 3.04. The van der Waals surface area contributed by atoms with Gasteiger partial charge in [-0.3, -0.25) is 0 Å². The molecule has 0 fully saturated rings. The molecule has 3 heteroatoms. The molecule has 0 aliphatic heterocycles. The van der Waals surface area contributed by atoms with Crippen LogP contribution in [0, 0.1) is 0 Å². The second kappa shape index (κ2) is 5.53. The van der Waals surface area contributed by atoms with Crippen LogP contribution in [0.3, 0.4) is 0 Å². The summed E-state index contributed by atoms with van der Waals surface area (Å²) in [6.07, 6.45) is 4.72. The molecule has 0 atom stereocenters. The number of rotatable bonds is 5. The van der Waals surface area contributed by atoms with Gasteiger partial charge < -0.3 is 9.30 Å². The van der Waals surface area contributed by atoms with Gasteiger partial charge >= 0.3 is 0 Å². The Hall–Kier alpha value is -1.77. The lowest BCUT2D eigenvalue weighted by atomic mass is 10.2. The van der Waals surface area contributed by atoms with Crippen LogP contribution in [0.1, 0.15) is 25.1 Å². The highest BCUT2D eigenvalue weighted by molar-refractivity contribution is 5.28. The van der Waals surface area contributed by atoms with Gasteiger partial charge in [0.1, 0.15) is 12.4 Å². The van der Waals surface area contributed by atoms with Crippen molar-refractivity contribution >= 4 is 0 Å². The summed E-state index contributed by atoms with van der Waals surface area (Å²) in [5.74, 6) is 0.924. The number of benzene rings is 1. The quantitative estimate of drug-likeness (QED) is 0.789. The molecule has 0 aliphatic carbocycles. The predicted molar refractivity (Wildman–Crippen MR) is 68.1 cm³/mol. The van der Waals surface area contributed by atoms with Crippen LogP contribution >= 0.6 is 0 Å². The zero-order chi connectivity index (χ0) is 12.1. The molecule has 0 bridgehead atoms. The van der Waals surface area contributed by atoms with E-state index in [0.29, 0.717) is 6.61 Å². The summed E-state index contributed by atoms with van der Waals surface area (Å²) in [4.78, 5) is 4.12. The molecule has 0 saturated carbocycles. The monoisotopic (exact) mass is 230 g/mol. The Labute approximate surface area is 102 Å². The van der Waals surface area contributed by atoms with Crippen molar-refractivity contribution in [3.8, 4) is 5.75 Å². The first kappa shape index (κ1) is 11.7. The second-order valence-corrected chi connectivity index (χ2v) is 3.96. The highest BCUT2D eigenvalue weighted by atomic mass is 16.5. The van der Waals surface area contributed by atoms with Gasteiger partial charge in [-0.25, -0.2) is 4.98 Å². The van der Waals surface area contributed by atoms with Gasteiger partial charge in [0.2, 0.25) is 0 Å². The average Bonchev–Trinajstić information content (AvgIpc) is 2.84. The first-order valence-electron chi connectivity index (χ1n) is 6.04. The maximum absolute atomic E-state index is 5.77. The normalized spacial score (nSPS) is 10.5. The molecule has 0 amide bonds. The third kappa shape index (κ3) is 2.87. The van der Waals surface area contributed by atoms with Gasteiger partial charge in [-0.2, -0.15) is 0 Å². The largest absolute Gasteiger partial charge is 0.487 e. The summed E-state index contributed by atoms with van der Waals surface area (Å²) >= 11 is 0. The van der Waals surface area contributed by atoms with Crippen molar-refractivity contribution in [1.29, 1.82) is 0 Å². The number of aromatic nitrogens is 2. The van der Waals surface area contributed by atoms with Crippen LogP contribution in [0.4, 0.5) is 0 Å². The minimum absolute atomic E-state index is 0.570. The van der Waals surface area contributed by atoms with Crippen molar-refractivity contribution in [2.45, 2.75) is 33.4 Å². The van der Waals surface area contributed by atoms with Crippen LogP contribution < -0.4 is 4.74 Å². The van der Waals surface area contributed by atoms with Crippen LogP contribution in [-0.2, 0) is 19.6 Å². The lowest BCUT2D eigenvalue weighted by Crippen LogP contribution is -2.03. The molecule has 0 unspecified atom stereocenters. The summed E-state index contributed by atoms with van der Waals surface area (Å²) in [5.41, 5.74) is 2.40. The summed E-state index contributed by atoms with van der Waals surface area (Å²) < 4.78 is 7.86. The standard InChI is InChI=1S/C14H18N2O/c1-3-12-6-5-7-14(8-12)17-10-13-9-15-11-16(13)4-2/h5-9,11H,3-4,10H2,1-2H3. The number of aryl methyl sites for hydroxylation is 2. The Morgan fingerprint density at radius 1 is 1.29 bits per heavy atom. The number of hydrogen-bond donors (Lipinski definition) is 0. The lowest BCUT2D eigenvalue weighted by Gasteiger charge is -2.08. The Bertz CT molecular complexity index is 477. The Kier molecular flexibility index (Phi) is 3.81. The van der Waals surface area contributed by atoms with Crippen molar-refractivity contribution in [1.82, 2.24) is 9.55 Å². The first-order chi connectivity index (χ1) is 8.33. The van der Waals surface area contributed by atoms with Crippen LogP contribution in [-0.4, -0.2) is 9.55 Å². The fourth-order valence-corrected chi connectivity index (χ4v) is 1.77. The molecule has 1 aromatic carbocycles. The van der Waals surface area contributed by atoms with Gasteiger partial charge in [0, 0.05) is 6.54 Å². The van der Waals surface area contributed by atoms with E-state index in [1.807, 2.05) is 24.7 Å². The minimum atomic E-state index is 0.570. The van der Waals surface area contributed by atoms with Gasteiger partial charge in [0.25, 0.3) is 0 Å². The number of ether oxygens (including phenoxy) is 1. The van der Waals surface area contributed by atoms with E-state index < -0.39 is 0 Å². The molecule has 0 N–H and O–H groups in total. The lowest BCUT2D eigenvalue weighted by molar-refractivity contribution is 0.295. The maximum Gasteiger partial charge on any atom is 0.130 e. The van der Waals surface area contributed by atoms with Crippen LogP contribution in [0.2, 0.25) is 0 Å². The number of nitrogens with zero attached hydrogens (tertiary/aromatic N) is 2. The summed E-state index contributed by atoms with van der Waals surface area (Å²) in [6.45, 7) is 5.74. The van der Waals surface area contributed by atoms with Crippen LogP contribution in [0.5, 0.6) is 5.75 Å². The molecular weight excluding hydrogens is 212 g/mol. The zero-order valence-corrected chi connectivity index (χ0v) is 10.4. The first-order valence-corrected chi connectivity index (χ1v) is 6.04. The third-order valence-corrected chi connectivity index (χ3v) is 2.83. The van der Waals surface area contributed by atoms with Gasteiger partial charge in [-0.05, 0) is 31.0 Å². The number of imidazole rings is 1. The SMILES string of the molecule is CCc1cccc(OCc2cncn2CC)c1. The maximum atomic E-state index is 5.77. The molecule has 90 valence electrons. The zero-order valence-electron chi connectivity index (χ0n) is 10.4. The van der Waals surface area contributed by atoms with E-state index in [0.717, 1.165) is 24.4 Å². The molecule has 2 aromatic rings. The molecule has 2 rings (SSSR count). The van der Waals surface area contributed by atoms with Crippen molar-refractivity contribution in [2.24, 2.45) is 0 Å². The van der Waals surface area contributed by atoms with Gasteiger partial charge in [-0.15, -0.1) is 0 Å². The smallest absolute Gasteiger partial charge is 0.130 e. The summed E-state index contributed by atoms with van der Waals surface area (Å²) in [7, 11) is 0. The van der Waals surface area contributed by atoms with Crippen molar-refractivity contribution < 1.29 is 4.74 Å². The number of hydrogen-bond acceptors (Lipinski definition) is 2. The molecule has 17 heavy (non-hydrogen) atoms. The molecule has 0 radical (unpaired) electrons. The van der Waals surface area contributed by atoms with Gasteiger partial charge in [0.05, 0.1) is 18.2 Å². The molecular formula is C14H18N2O. The molecule has 1 heterocycles. The van der Waals surface area contributed by atoms with Crippen molar-refractivity contribution in [2.75, 3.05) is 0 Å². The Morgan fingerprint density at radius 2 is 2.18 bits per heavy atom. The molecule has 3 nitrogen and oxygen atoms in total. The van der Waals surface area contributed by atoms with E-state index in [9.17, 15) is 0 Å². The Balaban J connectivity index is 2.02. The fraction of sp³-hybridized carbons (Fsp3) is 0.357. The Morgan fingerprint density at radius 3 is 2.94 bits per heavy atom. The second-order valence-electron chi connectivity index (χ2n) is 3.96.